The Morgan fingerprint density at radius 1 is 1.41 bits per heavy atom. The second-order valence-electron chi connectivity index (χ2n) is 3.89. The van der Waals surface area contributed by atoms with Crippen molar-refractivity contribution >= 4 is 11.5 Å². The number of ketones is 1. The van der Waals surface area contributed by atoms with Crippen molar-refractivity contribution in [1.29, 1.82) is 0 Å². The zero-order valence-electron chi connectivity index (χ0n) is 9.49. The Morgan fingerprint density at radius 2 is 2.12 bits per heavy atom. The van der Waals surface area contributed by atoms with Gasteiger partial charge in [0.2, 0.25) is 0 Å². The standard InChI is InChI=1S/C12H15FN2O2/c13-10-7-9(12(16)8-14)1-2-11(10)15-3-5-17-6-4-15/h1-2,7H,3-6,8,14H2. The SMILES string of the molecule is NCC(=O)c1ccc(N2CCOCC2)c(F)c1. The Labute approximate surface area is 99.2 Å². The van der Waals surface area contributed by atoms with Gasteiger partial charge >= 0.3 is 0 Å². The predicted molar refractivity (Wildman–Crippen MR) is 62.8 cm³/mol. The fourth-order valence-corrected chi connectivity index (χ4v) is 1.86. The molecule has 5 heteroatoms. The minimum atomic E-state index is -0.383. The Kier molecular flexibility index (Phi) is 3.71. The number of benzene rings is 1. The largest absolute Gasteiger partial charge is 0.378 e. The summed E-state index contributed by atoms with van der Waals surface area (Å²) in [7, 11) is 0. The molecule has 0 amide bonds. The van der Waals surface area contributed by atoms with Gasteiger partial charge < -0.3 is 15.4 Å². The lowest BCUT2D eigenvalue weighted by molar-refractivity contribution is 0.100. The van der Waals surface area contributed by atoms with E-state index in [0.717, 1.165) is 0 Å². The van der Waals surface area contributed by atoms with Crippen molar-refractivity contribution < 1.29 is 13.9 Å². The van der Waals surface area contributed by atoms with E-state index in [0.29, 0.717) is 37.6 Å². The minimum Gasteiger partial charge on any atom is -0.378 e. The molecule has 0 bridgehead atoms. The highest BCUT2D eigenvalue weighted by atomic mass is 19.1. The average Bonchev–Trinajstić information content (AvgIpc) is 2.38. The van der Waals surface area contributed by atoms with Gasteiger partial charge in [-0.1, -0.05) is 0 Å². The first kappa shape index (κ1) is 12.0. The minimum absolute atomic E-state index is 0.101. The maximum Gasteiger partial charge on any atom is 0.176 e. The van der Waals surface area contributed by atoms with Crippen molar-refractivity contribution in [2.75, 3.05) is 37.7 Å². The molecule has 1 saturated heterocycles. The Morgan fingerprint density at radius 3 is 2.71 bits per heavy atom. The van der Waals surface area contributed by atoms with Crippen LogP contribution < -0.4 is 10.6 Å². The normalized spacial score (nSPS) is 16.0. The molecule has 1 heterocycles. The molecule has 0 radical (unpaired) electrons. The number of carbonyl (C=O) groups excluding carboxylic acids is 1. The molecule has 1 aliphatic heterocycles. The molecule has 0 saturated carbocycles. The van der Waals surface area contributed by atoms with Crippen molar-refractivity contribution in [3.8, 4) is 0 Å². The molecule has 2 N–H and O–H groups in total. The quantitative estimate of drug-likeness (QED) is 0.791. The van der Waals surface area contributed by atoms with Gasteiger partial charge in [-0.2, -0.15) is 0 Å². The number of hydrogen-bond donors (Lipinski definition) is 1. The molecular formula is C12H15FN2O2. The third-order valence-electron chi connectivity index (χ3n) is 2.81. The molecule has 0 atom stereocenters. The van der Waals surface area contributed by atoms with Gasteiger partial charge in [0, 0.05) is 18.7 Å². The number of halogens is 1. The molecule has 0 unspecified atom stereocenters. The van der Waals surface area contributed by atoms with E-state index in [1.54, 1.807) is 12.1 Å². The number of nitrogens with two attached hydrogens (primary N) is 1. The number of Topliss-reactive ketones (excluding diaryl/α,β-unsaturated/α-hetero) is 1. The Bertz CT molecular complexity index is 417. The number of morpholine rings is 1. The first-order valence-corrected chi connectivity index (χ1v) is 5.58. The van der Waals surface area contributed by atoms with Gasteiger partial charge in [0.05, 0.1) is 25.4 Å². The van der Waals surface area contributed by atoms with E-state index in [9.17, 15) is 9.18 Å². The fourth-order valence-electron chi connectivity index (χ4n) is 1.86. The third kappa shape index (κ3) is 2.62. The summed E-state index contributed by atoms with van der Waals surface area (Å²) < 4.78 is 19.1. The molecule has 0 aromatic heterocycles. The van der Waals surface area contributed by atoms with Gasteiger partial charge in [0.15, 0.2) is 5.78 Å². The Balaban J connectivity index is 2.21. The monoisotopic (exact) mass is 238 g/mol. The van der Waals surface area contributed by atoms with E-state index in [4.69, 9.17) is 10.5 Å². The van der Waals surface area contributed by atoms with Crippen LogP contribution in [0.3, 0.4) is 0 Å². The fraction of sp³-hybridized carbons (Fsp3) is 0.417. The summed E-state index contributed by atoms with van der Waals surface area (Å²) in [5.74, 6) is -0.636. The van der Waals surface area contributed by atoms with Gasteiger partial charge in [0.25, 0.3) is 0 Å². The van der Waals surface area contributed by atoms with Crippen LogP contribution in [0.25, 0.3) is 0 Å². The van der Waals surface area contributed by atoms with Gasteiger partial charge in [-0.05, 0) is 18.2 Å². The summed E-state index contributed by atoms with van der Waals surface area (Å²) in [5.41, 5.74) is 6.07. The topological polar surface area (TPSA) is 55.6 Å². The van der Waals surface area contributed by atoms with Crippen LogP contribution in [0.5, 0.6) is 0 Å². The highest BCUT2D eigenvalue weighted by molar-refractivity contribution is 5.97. The summed E-state index contributed by atoms with van der Waals surface area (Å²) in [6, 6.07) is 4.49. The van der Waals surface area contributed by atoms with Crippen molar-refractivity contribution in [3.05, 3.63) is 29.6 Å². The highest BCUT2D eigenvalue weighted by Gasteiger charge is 2.16. The molecule has 1 aliphatic rings. The Hall–Kier alpha value is -1.46. The number of anilines is 1. The van der Waals surface area contributed by atoms with Gasteiger partial charge in [-0.15, -0.1) is 0 Å². The summed E-state index contributed by atoms with van der Waals surface area (Å²) in [6.07, 6.45) is 0. The first-order valence-electron chi connectivity index (χ1n) is 5.58. The lowest BCUT2D eigenvalue weighted by Crippen LogP contribution is -2.36. The molecule has 0 spiro atoms. The van der Waals surface area contributed by atoms with E-state index in [1.807, 2.05) is 4.90 Å². The average molecular weight is 238 g/mol. The molecule has 17 heavy (non-hydrogen) atoms. The summed E-state index contributed by atoms with van der Waals surface area (Å²) in [4.78, 5) is 13.2. The number of nitrogens with zero attached hydrogens (tertiary/aromatic N) is 1. The van der Waals surface area contributed by atoms with Gasteiger partial charge in [-0.3, -0.25) is 4.79 Å². The molecule has 1 fully saturated rings. The van der Waals surface area contributed by atoms with Crippen LogP contribution in [0, 0.1) is 5.82 Å². The van der Waals surface area contributed by atoms with Crippen LogP contribution in [0.1, 0.15) is 10.4 Å². The maximum absolute atomic E-state index is 13.9. The molecule has 4 nitrogen and oxygen atoms in total. The zero-order chi connectivity index (χ0) is 12.3. The maximum atomic E-state index is 13.9. The highest BCUT2D eigenvalue weighted by Crippen LogP contribution is 2.21. The van der Waals surface area contributed by atoms with E-state index >= 15 is 0 Å². The van der Waals surface area contributed by atoms with Crippen LogP contribution in [-0.4, -0.2) is 38.6 Å². The van der Waals surface area contributed by atoms with Gasteiger partial charge in [0.1, 0.15) is 5.82 Å². The van der Waals surface area contributed by atoms with Crippen LogP contribution in [-0.2, 0) is 4.74 Å². The molecule has 92 valence electrons. The first-order chi connectivity index (χ1) is 8.22. The van der Waals surface area contributed by atoms with Crippen LogP contribution in [0.15, 0.2) is 18.2 Å². The number of hydrogen-bond acceptors (Lipinski definition) is 4. The zero-order valence-corrected chi connectivity index (χ0v) is 9.49. The van der Waals surface area contributed by atoms with Crippen molar-refractivity contribution in [2.24, 2.45) is 5.73 Å². The lowest BCUT2D eigenvalue weighted by Gasteiger charge is -2.29. The molecule has 0 aliphatic carbocycles. The molecule has 2 rings (SSSR count). The van der Waals surface area contributed by atoms with Crippen molar-refractivity contribution in [2.45, 2.75) is 0 Å². The van der Waals surface area contributed by atoms with Crippen LogP contribution in [0.4, 0.5) is 10.1 Å². The second kappa shape index (κ2) is 5.25. The second-order valence-corrected chi connectivity index (χ2v) is 3.89. The van der Waals surface area contributed by atoms with Gasteiger partial charge in [-0.25, -0.2) is 4.39 Å². The summed E-state index contributed by atoms with van der Waals surface area (Å²) >= 11 is 0. The van der Waals surface area contributed by atoms with Crippen molar-refractivity contribution in [1.82, 2.24) is 0 Å². The summed E-state index contributed by atoms with van der Waals surface area (Å²) in [5, 5.41) is 0. The number of ether oxygens (including phenoxy) is 1. The predicted octanol–water partition coefficient (Wildman–Crippen LogP) is 0.804. The van der Waals surface area contributed by atoms with E-state index in [1.165, 1.54) is 6.07 Å². The number of carbonyl (C=O) groups is 1. The van der Waals surface area contributed by atoms with E-state index in [-0.39, 0.29) is 18.1 Å². The lowest BCUT2D eigenvalue weighted by atomic mass is 10.1. The third-order valence-corrected chi connectivity index (χ3v) is 2.81. The van der Waals surface area contributed by atoms with E-state index in [2.05, 4.69) is 0 Å². The molecule has 1 aromatic carbocycles. The molecular weight excluding hydrogens is 223 g/mol. The van der Waals surface area contributed by atoms with E-state index < -0.39 is 0 Å². The molecule has 1 aromatic rings. The smallest absolute Gasteiger partial charge is 0.176 e. The van der Waals surface area contributed by atoms with Crippen LogP contribution >= 0.6 is 0 Å². The van der Waals surface area contributed by atoms with Crippen molar-refractivity contribution in [3.63, 3.8) is 0 Å². The number of rotatable bonds is 3. The van der Waals surface area contributed by atoms with Crippen LogP contribution in [0.2, 0.25) is 0 Å². The summed E-state index contributed by atoms with van der Waals surface area (Å²) in [6.45, 7) is 2.43.